The van der Waals surface area contributed by atoms with Gasteiger partial charge in [0.15, 0.2) is 11.3 Å². The third kappa shape index (κ3) is 3.66. The van der Waals surface area contributed by atoms with Crippen LogP contribution in [0.4, 0.5) is 0 Å². The minimum absolute atomic E-state index is 0.149. The Balaban J connectivity index is 1.36. The van der Waals surface area contributed by atoms with Gasteiger partial charge in [0.2, 0.25) is 10.0 Å². The van der Waals surface area contributed by atoms with Gasteiger partial charge in [-0.25, -0.2) is 17.9 Å². The predicted octanol–water partition coefficient (Wildman–Crippen LogP) is 0.801. The molecule has 0 N–H and O–H groups in total. The van der Waals surface area contributed by atoms with Crippen molar-refractivity contribution < 1.29 is 13.2 Å². The predicted molar refractivity (Wildman–Crippen MR) is 122 cm³/mol. The van der Waals surface area contributed by atoms with Crippen molar-refractivity contribution in [1.82, 2.24) is 43.4 Å². The van der Waals surface area contributed by atoms with E-state index in [1.165, 1.54) is 21.4 Å². The molecule has 0 atom stereocenters. The molecule has 1 fully saturated rings. The summed E-state index contributed by atoms with van der Waals surface area (Å²) in [5.41, 5.74) is 3.55. The van der Waals surface area contributed by atoms with Gasteiger partial charge in [0, 0.05) is 69.5 Å². The molecule has 178 valence electrons. The quantitative estimate of drug-likeness (QED) is 0.411. The maximum Gasteiger partial charge on any atom is 0.274 e. The van der Waals surface area contributed by atoms with Crippen molar-refractivity contribution in [3.8, 4) is 11.3 Å². The van der Waals surface area contributed by atoms with Crippen LogP contribution >= 0.6 is 0 Å². The Bertz CT molecular complexity index is 1480. The lowest BCUT2D eigenvalue weighted by molar-refractivity contribution is 0.0691. The van der Waals surface area contributed by atoms with E-state index in [9.17, 15) is 13.2 Å². The molecule has 1 amide bonds. The summed E-state index contributed by atoms with van der Waals surface area (Å²) in [5.74, 6) is -0.254. The lowest BCUT2D eigenvalue weighted by Crippen LogP contribution is -2.50. The molecule has 0 unspecified atom stereocenters. The van der Waals surface area contributed by atoms with Crippen LogP contribution < -0.4 is 0 Å². The van der Waals surface area contributed by atoms with Crippen LogP contribution in [0.25, 0.3) is 16.9 Å². The molecular formula is C21H25N9O3S. The third-order valence-electron chi connectivity index (χ3n) is 6.10. The first-order valence-corrected chi connectivity index (χ1v) is 12.4. The number of carbonyl (C=O) groups is 1. The smallest absolute Gasteiger partial charge is 0.274 e. The molecule has 1 saturated heterocycles. The summed E-state index contributed by atoms with van der Waals surface area (Å²) in [4.78, 5) is 19.3. The molecule has 0 spiro atoms. The van der Waals surface area contributed by atoms with Crippen molar-refractivity contribution in [2.24, 2.45) is 7.05 Å². The number of rotatable bonds is 5. The van der Waals surface area contributed by atoms with Gasteiger partial charge in [0.1, 0.15) is 4.90 Å². The van der Waals surface area contributed by atoms with Crippen LogP contribution in [0.2, 0.25) is 0 Å². The van der Waals surface area contributed by atoms with Gasteiger partial charge in [-0.1, -0.05) is 0 Å². The third-order valence-corrected chi connectivity index (χ3v) is 7.95. The Kier molecular flexibility index (Phi) is 5.44. The fourth-order valence-electron chi connectivity index (χ4n) is 4.20. The highest BCUT2D eigenvalue weighted by molar-refractivity contribution is 7.89. The second kappa shape index (κ2) is 8.33. The van der Waals surface area contributed by atoms with Crippen LogP contribution in [0.1, 0.15) is 23.1 Å². The van der Waals surface area contributed by atoms with Gasteiger partial charge in [0.05, 0.1) is 18.1 Å². The summed E-state index contributed by atoms with van der Waals surface area (Å²) in [6, 6.07) is 3.50. The maximum absolute atomic E-state index is 13.2. The van der Waals surface area contributed by atoms with E-state index in [4.69, 9.17) is 0 Å². The molecule has 34 heavy (non-hydrogen) atoms. The Morgan fingerprint density at radius 1 is 1.12 bits per heavy atom. The molecule has 0 bridgehead atoms. The lowest BCUT2D eigenvalue weighted by atomic mass is 10.2. The van der Waals surface area contributed by atoms with Crippen LogP contribution in [0.3, 0.4) is 0 Å². The molecule has 0 aromatic carbocycles. The van der Waals surface area contributed by atoms with Crippen molar-refractivity contribution in [2.75, 3.05) is 26.2 Å². The van der Waals surface area contributed by atoms with E-state index in [0.717, 1.165) is 23.5 Å². The van der Waals surface area contributed by atoms with Crippen molar-refractivity contribution in [3.05, 3.63) is 48.3 Å². The van der Waals surface area contributed by atoms with Crippen LogP contribution in [0.5, 0.6) is 0 Å². The normalized spacial score (nSPS) is 15.3. The van der Waals surface area contributed by atoms with E-state index >= 15 is 0 Å². The molecule has 13 heteroatoms. The molecule has 4 aromatic heterocycles. The lowest BCUT2D eigenvalue weighted by Gasteiger charge is -2.33. The molecule has 12 nitrogen and oxygen atoms in total. The van der Waals surface area contributed by atoms with E-state index in [0.29, 0.717) is 5.65 Å². The van der Waals surface area contributed by atoms with Crippen LogP contribution in [0, 0.1) is 6.92 Å². The molecule has 1 aliphatic rings. The zero-order chi connectivity index (χ0) is 24.0. The Hall–Kier alpha value is -3.58. The molecular weight excluding hydrogens is 458 g/mol. The van der Waals surface area contributed by atoms with Gasteiger partial charge in [0.25, 0.3) is 5.91 Å². The highest BCUT2D eigenvalue weighted by Crippen LogP contribution is 2.24. The highest BCUT2D eigenvalue weighted by Gasteiger charge is 2.32. The SMILES string of the molecule is CCn1ncc(-c2ccnc3cc(C(=O)N4CCN(S(=O)(=O)c5cnn(C)c5)CC4)nn23)c1C. The van der Waals surface area contributed by atoms with E-state index < -0.39 is 10.0 Å². The van der Waals surface area contributed by atoms with E-state index in [1.54, 1.807) is 34.9 Å². The fourth-order valence-corrected chi connectivity index (χ4v) is 5.60. The van der Waals surface area contributed by atoms with Crippen molar-refractivity contribution in [2.45, 2.75) is 25.3 Å². The van der Waals surface area contributed by atoms with Gasteiger partial charge in [-0.3, -0.25) is 14.2 Å². The molecule has 5 heterocycles. The number of sulfonamides is 1. The van der Waals surface area contributed by atoms with E-state index in [2.05, 4.69) is 20.3 Å². The topological polar surface area (TPSA) is 124 Å². The highest BCUT2D eigenvalue weighted by atomic mass is 32.2. The number of amides is 1. The zero-order valence-corrected chi connectivity index (χ0v) is 20.0. The summed E-state index contributed by atoms with van der Waals surface area (Å²) in [7, 11) is -1.97. The number of hydrogen-bond acceptors (Lipinski definition) is 7. The minimum Gasteiger partial charge on any atom is -0.335 e. The summed E-state index contributed by atoms with van der Waals surface area (Å²) in [6.45, 7) is 5.73. The van der Waals surface area contributed by atoms with Gasteiger partial charge in [-0.2, -0.15) is 19.6 Å². The first kappa shape index (κ1) is 22.2. The Labute approximate surface area is 196 Å². The van der Waals surface area contributed by atoms with Crippen molar-refractivity contribution in [3.63, 3.8) is 0 Å². The summed E-state index contributed by atoms with van der Waals surface area (Å²) >= 11 is 0. The average molecular weight is 484 g/mol. The second-order valence-electron chi connectivity index (χ2n) is 8.14. The molecule has 0 radical (unpaired) electrons. The largest absolute Gasteiger partial charge is 0.335 e. The Morgan fingerprint density at radius 2 is 1.88 bits per heavy atom. The van der Waals surface area contributed by atoms with E-state index in [-0.39, 0.29) is 42.7 Å². The molecule has 1 aliphatic heterocycles. The summed E-state index contributed by atoms with van der Waals surface area (Å²) in [6.07, 6.45) is 6.28. The van der Waals surface area contributed by atoms with Gasteiger partial charge in [-0.15, -0.1) is 0 Å². The van der Waals surface area contributed by atoms with Crippen LogP contribution in [0.15, 0.2) is 41.8 Å². The summed E-state index contributed by atoms with van der Waals surface area (Å²) < 4.78 is 32.0. The monoisotopic (exact) mass is 483 g/mol. The number of piperazine rings is 1. The van der Waals surface area contributed by atoms with Crippen molar-refractivity contribution in [1.29, 1.82) is 0 Å². The number of fused-ring (bicyclic) bond motifs is 1. The molecule has 5 rings (SSSR count). The maximum atomic E-state index is 13.2. The number of aromatic nitrogens is 7. The number of carbonyl (C=O) groups excluding carboxylic acids is 1. The molecule has 4 aromatic rings. The molecule has 0 saturated carbocycles. The zero-order valence-electron chi connectivity index (χ0n) is 19.2. The van der Waals surface area contributed by atoms with Gasteiger partial charge >= 0.3 is 0 Å². The van der Waals surface area contributed by atoms with Gasteiger partial charge in [-0.05, 0) is 19.9 Å². The second-order valence-corrected chi connectivity index (χ2v) is 10.1. The number of hydrogen-bond donors (Lipinski definition) is 0. The van der Waals surface area contributed by atoms with Gasteiger partial charge < -0.3 is 4.90 Å². The van der Waals surface area contributed by atoms with Crippen LogP contribution in [-0.4, -0.2) is 83.9 Å². The van der Waals surface area contributed by atoms with Crippen LogP contribution in [-0.2, 0) is 23.6 Å². The first-order valence-electron chi connectivity index (χ1n) is 10.9. The average Bonchev–Trinajstić information content (AvgIpc) is 3.56. The number of nitrogens with zero attached hydrogens (tertiary/aromatic N) is 9. The number of aryl methyl sites for hydroxylation is 2. The summed E-state index contributed by atoms with van der Waals surface area (Å²) in [5, 5.41) is 12.9. The first-order chi connectivity index (χ1) is 16.3. The fraction of sp³-hybridized carbons (Fsp3) is 0.381. The Morgan fingerprint density at radius 3 is 2.53 bits per heavy atom. The standard InChI is InChI=1S/C21H25N9O3S/c1-4-29-15(2)17(13-24-29)19-5-6-22-20-11-18(25-30(19)20)21(31)27-7-9-28(10-8-27)34(32,33)16-12-23-26(3)14-16/h5-6,11-14H,4,7-10H2,1-3H3. The van der Waals surface area contributed by atoms with E-state index in [1.807, 2.05) is 24.6 Å². The van der Waals surface area contributed by atoms with Crippen molar-refractivity contribution >= 4 is 21.6 Å². The minimum atomic E-state index is -3.64. The molecule has 0 aliphatic carbocycles.